The highest BCUT2D eigenvalue weighted by Crippen LogP contribution is 2.27. The molecule has 1 saturated heterocycles. The van der Waals surface area contributed by atoms with Crippen molar-refractivity contribution >= 4 is 5.91 Å². The molecule has 0 spiro atoms. The molecule has 1 atom stereocenters. The Morgan fingerprint density at radius 3 is 3.05 bits per heavy atom. The quantitative estimate of drug-likeness (QED) is 0.871. The molecule has 2 heterocycles. The number of piperidine rings is 1. The van der Waals surface area contributed by atoms with Gasteiger partial charge < -0.3 is 9.42 Å². The normalized spacial score (nSPS) is 18.7. The summed E-state index contributed by atoms with van der Waals surface area (Å²) in [6, 6.07) is 6.33. The van der Waals surface area contributed by atoms with E-state index < -0.39 is 0 Å². The van der Waals surface area contributed by atoms with E-state index in [1.54, 1.807) is 11.0 Å². The highest BCUT2D eigenvalue weighted by atomic mass is 19.1. The fourth-order valence-corrected chi connectivity index (χ4v) is 2.70. The summed E-state index contributed by atoms with van der Waals surface area (Å²) in [7, 11) is 0. The second-order valence-corrected chi connectivity index (χ2v) is 5.54. The second-order valence-electron chi connectivity index (χ2n) is 5.54. The Bertz CT molecular complexity index is 671. The molecule has 1 aliphatic rings. The number of hydrogen-bond acceptors (Lipinski definition) is 4. The molecular weight excluding hydrogens is 285 g/mol. The highest BCUT2D eigenvalue weighted by Gasteiger charge is 2.30. The summed E-state index contributed by atoms with van der Waals surface area (Å²) in [6.45, 7) is 2.90. The molecule has 0 bridgehead atoms. The van der Waals surface area contributed by atoms with Crippen molar-refractivity contribution < 1.29 is 13.7 Å². The van der Waals surface area contributed by atoms with E-state index in [2.05, 4.69) is 10.1 Å². The van der Waals surface area contributed by atoms with Gasteiger partial charge in [0.1, 0.15) is 5.82 Å². The maximum absolute atomic E-state index is 13.3. The van der Waals surface area contributed by atoms with E-state index in [-0.39, 0.29) is 17.6 Å². The van der Waals surface area contributed by atoms with Gasteiger partial charge in [0.15, 0.2) is 5.82 Å². The summed E-state index contributed by atoms with van der Waals surface area (Å²) >= 11 is 0. The van der Waals surface area contributed by atoms with Crippen LogP contribution in [0.5, 0.6) is 0 Å². The molecule has 6 heteroatoms. The van der Waals surface area contributed by atoms with Crippen LogP contribution < -0.4 is 0 Å². The lowest BCUT2D eigenvalue weighted by molar-refractivity contribution is -0.134. The Kier molecular flexibility index (Phi) is 4.18. The summed E-state index contributed by atoms with van der Waals surface area (Å²) in [4.78, 5) is 18.2. The van der Waals surface area contributed by atoms with Gasteiger partial charge in [-0.2, -0.15) is 4.98 Å². The second kappa shape index (κ2) is 6.25. The third kappa shape index (κ3) is 3.16. The van der Waals surface area contributed by atoms with Gasteiger partial charge in [-0.15, -0.1) is 0 Å². The van der Waals surface area contributed by atoms with E-state index in [0.29, 0.717) is 37.6 Å². The lowest BCUT2D eigenvalue weighted by Crippen LogP contribution is -2.38. The third-order valence-electron chi connectivity index (χ3n) is 3.91. The number of carbonyl (C=O) groups excluding carboxylic acids is 1. The molecule has 0 unspecified atom stereocenters. The summed E-state index contributed by atoms with van der Waals surface area (Å²) < 4.78 is 18.6. The van der Waals surface area contributed by atoms with Crippen LogP contribution in [0.3, 0.4) is 0 Å². The number of likely N-dealkylation sites (tertiary alicyclic amines) is 1. The van der Waals surface area contributed by atoms with Gasteiger partial charge in [0.05, 0.1) is 5.92 Å². The van der Waals surface area contributed by atoms with Crippen molar-refractivity contribution in [2.45, 2.75) is 38.6 Å². The number of aryl methyl sites for hydroxylation is 1. The van der Waals surface area contributed by atoms with E-state index in [1.165, 1.54) is 12.1 Å². The summed E-state index contributed by atoms with van der Waals surface area (Å²) in [5, 5.41) is 3.91. The molecule has 5 nitrogen and oxygen atoms in total. The lowest BCUT2D eigenvalue weighted by Gasteiger charge is -2.31. The molecule has 2 aromatic rings. The van der Waals surface area contributed by atoms with Crippen LogP contribution in [0.15, 0.2) is 28.8 Å². The van der Waals surface area contributed by atoms with E-state index in [1.807, 2.05) is 13.0 Å². The SMILES string of the molecule is CCc1noc([C@H]2CCC(=O)N(Cc3cccc(F)c3)C2)n1. The highest BCUT2D eigenvalue weighted by molar-refractivity contribution is 5.77. The van der Waals surface area contributed by atoms with Gasteiger partial charge in [-0.3, -0.25) is 4.79 Å². The molecule has 0 radical (unpaired) electrons. The molecule has 0 saturated carbocycles. The average Bonchev–Trinajstić information content (AvgIpc) is 2.98. The van der Waals surface area contributed by atoms with Crippen molar-refractivity contribution in [3.05, 3.63) is 47.4 Å². The number of nitrogens with zero attached hydrogens (tertiary/aromatic N) is 3. The van der Waals surface area contributed by atoms with Crippen LogP contribution in [0.4, 0.5) is 4.39 Å². The van der Waals surface area contributed by atoms with Crippen LogP contribution in [0.1, 0.15) is 43.0 Å². The first-order valence-corrected chi connectivity index (χ1v) is 7.50. The van der Waals surface area contributed by atoms with Crippen LogP contribution >= 0.6 is 0 Å². The van der Waals surface area contributed by atoms with Gasteiger partial charge in [-0.05, 0) is 24.1 Å². The number of rotatable bonds is 4. The van der Waals surface area contributed by atoms with Gasteiger partial charge in [-0.25, -0.2) is 4.39 Å². The zero-order chi connectivity index (χ0) is 15.5. The lowest BCUT2D eigenvalue weighted by atomic mass is 9.97. The predicted molar refractivity (Wildman–Crippen MR) is 77.5 cm³/mol. The number of carbonyl (C=O) groups is 1. The van der Waals surface area contributed by atoms with Gasteiger partial charge in [0.2, 0.25) is 11.8 Å². The number of aromatic nitrogens is 2. The van der Waals surface area contributed by atoms with Crippen molar-refractivity contribution in [3.63, 3.8) is 0 Å². The average molecular weight is 303 g/mol. The minimum absolute atomic E-state index is 0.0547. The zero-order valence-corrected chi connectivity index (χ0v) is 12.5. The zero-order valence-electron chi connectivity index (χ0n) is 12.5. The van der Waals surface area contributed by atoms with Gasteiger partial charge in [0.25, 0.3) is 0 Å². The molecule has 1 fully saturated rings. The third-order valence-corrected chi connectivity index (χ3v) is 3.91. The Morgan fingerprint density at radius 1 is 1.45 bits per heavy atom. The first-order valence-electron chi connectivity index (χ1n) is 7.50. The molecule has 1 aromatic heterocycles. The van der Waals surface area contributed by atoms with Crippen molar-refractivity contribution in [1.29, 1.82) is 0 Å². The Labute approximate surface area is 128 Å². The van der Waals surface area contributed by atoms with Crippen molar-refractivity contribution in [2.75, 3.05) is 6.54 Å². The van der Waals surface area contributed by atoms with E-state index in [4.69, 9.17) is 4.52 Å². The number of halogens is 1. The minimum Gasteiger partial charge on any atom is -0.339 e. The van der Waals surface area contributed by atoms with E-state index in [0.717, 1.165) is 12.0 Å². The first kappa shape index (κ1) is 14.7. The predicted octanol–water partition coefficient (Wildman–Crippen LogP) is 2.68. The van der Waals surface area contributed by atoms with Gasteiger partial charge in [-0.1, -0.05) is 24.2 Å². The summed E-state index contributed by atoms with van der Waals surface area (Å²) in [6.07, 6.45) is 1.88. The standard InChI is InChI=1S/C16H18FN3O2/c1-2-14-18-16(22-19-14)12-6-7-15(21)20(10-12)9-11-4-3-5-13(17)8-11/h3-5,8,12H,2,6-7,9-10H2,1H3/t12-/m0/s1. The Morgan fingerprint density at radius 2 is 2.32 bits per heavy atom. The Balaban J connectivity index is 1.72. The van der Waals surface area contributed by atoms with Crippen molar-refractivity contribution in [1.82, 2.24) is 15.0 Å². The van der Waals surface area contributed by atoms with Gasteiger partial charge in [0, 0.05) is 25.9 Å². The molecule has 116 valence electrons. The molecule has 22 heavy (non-hydrogen) atoms. The van der Waals surface area contributed by atoms with Crippen molar-refractivity contribution in [2.24, 2.45) is 0 Å². The van der Waals surface area contributed by atoms with E-state index >= 15 is 0 Å². The molecule has 0 N–H and O–H groups in total. The molecule has 1 aliphatic heterocycles. The molecule has 1 amide bonds. The van der Waals surface area contributed by atoms with E-state index in [9.17, 15) is 9.18 Å². The minimum atomic E-state index is -0.289. The first-order chi connectivity index (χ1) is 10.7. The fraction of sp³-hybridized carbons (Fsp3) is 0.438. The maximum Gasteiger partial charge on any atom is 0.231 e. The summed E-state index contributed by atoms with van der Waals surface area (Å²) in [5.74, 6) is 1.12. The molecule has 1 aromatic carbocycles. The topological polar surface area (TPSA) is 59.2 Å². The summed E-state index contributed by atoms with van der Waals surface area (Å²) in [5.41, 5.74) is 0.786. The van der Waals surface area contributed by atoms with Crippen molar-refractivity contribution in [3.8, 4) is 0 Å². The number of amides is 1. The smallest absolute Gasteiger partial charge is 0.231 e. The van der Waals surface area contributed by atoms with Crippen LogP contribution in [-0.4, -0.2) is 27.5 Å². The monoisotopic (exact) mass is 303 g/mol. The molecular formula is C16H18FN3O2. The van der Waals surface area contributed by atoms with Gasteiger partial charge >= 0.3 is 0 Å². The fourth-order valence-electron chi connectivity index (χ4n) is 2.70. The maximum atomic E-state index is 13.3. The van der Waals surface area contributed by atoms with Crippen LogP contribution in [0.2, 0.25) is 0 Å². The van der Waals surface area contributed by atoms with Crippen LogP contribution in [0, 0.1) is 5.82 Å². The number of hydrogen-bond donors (Lipinski definition) is 0. The number of benzene rings is 1. The molecule has 0 aliphatic carbocycles. The van der Waals surface area contributed by atoms with Crippen LogP contribution in [0.25, 0.3) is 0 Å². The van der Waals surface area contributed by atoms with Crippen LogP contribution in [-0.2, 0) is 17.8 Å². The Hall–Kier alpha value is -2.24. The largest absolute Gasteiger partial charge is 0.339 e. The molecule has 3 rings (SSSR count).